The van der Waals surface area contributed by atoms with Gasteiger partial charge in [0.05, 0.1) is 10.5 Å². The third-order valence-electron chi connectivity index (χ3n) is 3.39. The second kappa shape index (κ2) is 6.90. The maximum Gasteiger partial charge on any atom is 0.249 e. The molecule has 0 saturated carbocycles. The van der Waals surface area contributed by atoms with Gasteiger partial charge in [0.15, 0.2) is 0 Å². The van der Waals surface area contributed by atoms with E-state index < -0.39 is 10.0 Å². The molecule has 3 aromatic rings. The zero-order chi connectivity index (χ0) is 17.0. The molecule has 1 N–H and O–H groups in total. The Morgan fingerprint density at radius 3 is 2.71 bits per heavy atom. The van der Waals surface area contributed by atoms with E-state index in [4.69, 9.17) is 4.42 Å². The van der Waals surface area contributed by atoms with Crippen molar-refractivity contribution in [2.45, 2.75) is 18.2 Å². The first-order chi connectivity index (χ1) is 11.6. The lowest BCUT2D eigenvalue weighted by atomic mass is 10.2. The van der Waals surface area contributed by atoms with Crippen LogP contribution in [0.2, 0.25) is 0 Å². The molecule has 2 heterocycles. The summed E-state index contributed by atoms with van der Waals surface area (Å²) in [5.41, 5.74) is 1.42. The van der Waals surface area contributed by atoms with Crippen molar-refractivity contribution >= 4 is 10.0 Å². The lowest BCUT2D eigenvalue weighted by Crippen LogP contribution is -2.26. The number of nitrogens with zero attached hydrogens (tertiary/aromatic N) is 3. The number of hydrogen-bond donors (Lipinski definition) is 1. The summed E-state index contributed by atoms with van der Waals surface area (Å²) in [5.74, 6) is 0.723. The van der Waals surface area contributed by atoms with Gasteiger partial charge in [0.2, 0.25) is 21.8 Å². The van der Waals surface area contributed by atoms with Gasteiger partial charge in [-0.3, -0.25) is 4.98 Å². The maximum absolute atomic E-state index is 12.3. The highest BCUT2D eigenvalue weighted by atomic mass is 32.2. The normalized spacial score (nSPS) is 11.5. The molecule has 0 aliphatic heterocycles. The second-order valence-corrected chi connectivity index (χ2v) is 6.89. The molecule has 1 aromatic carbocycles. The van der Waals surface area contributed by atoms with Crippen molar-refractivity contribution < 1.29 is 12.8 Å². The van der Waals surface area contributed by atoms with E-state index in [0.717, 1.165) is 5.56 Å². The maximum atomic E-state index is 12.3. The van der Waals surface area contributed by atoms with Crippen LogP contribution in [0, 0.1) is 6.92 Å². The van der Waals surface area contributed by atoms with Crippen LogP contribution in [0.3, 0.4) is 0 Å². The molecule has 0 spiro atoms. The zero-order valence-corrected chi connectivity index (χ0v) is 13.8. The minimum absolute atomic E-state index is 0.172. The summed E-state index contributed by atoms with van der Waals surface area (Å²) >= 11 is 0. The van der Waals surface area contributed by atoms with Gasteiger partial charge in [0, 0.05) is 25.4 Å². The Labute approximate surface area is 139 Å². The molecule has 7 nitrogen and oxygen atoms in total. The smallest absolute Gasteiger partial charge is 0.249 e. The van der Waals surface area contributed by atoms with Gasteiger partial charge in [-0.05, 0) is 30.7 Å². The van der Waals surface area contributed by atoms with Gasteiger partial charge < -0.3 is 4.42 Å². The van der Waals surface area contributed by atoms with E-state index in [0.29, 0.717) is 23.8 Å². The first kappa shape index (κ1) is 16.3. The van der Waals surface area contributed by atoms with Crippen LogP contribution in [0.4, 0.5) is 0 Å². The Morgan fingerprint density at radius 2 is 1.96 bits per heavy atom. The SMILES string of the molecule is Cc1ccccc1S(=O)(=O)NCCc1nnc(-c2cccnc2)o1. The van der Waals surface area contributed by atoms with Gasteiger partial charge in [-0.2, -0.15) is 0 Å². The Kier molecular flexibility index (Phi) is 4.68. The number of nitrogens with one attached hydrogen (secondary N) is 1. The van der Waals surface area contributed by atoms with E-state index in [2.05, 4.69) is 19.9 Å². The van der Waals surface area contributed by atoms with E-state index >= 15 is 0 Å². The minimum Gasteiger partial charge on any atom is -0.421 e. The summed E-state index contributed by atoms with van der Waals surface area (Å²) in [6.07, 6.45) is 3.58. The van der Waals surface area contributed by atoms with Crippen molar-refractivity contribution in [2.75, 3.05) is 6.54 Å². The molecule has 0 fully saturated rings. The summed E-state index contributed by atoms with van der Waals surface area (Å²) in [6, 6.07) is 10.4. The zero-order valence-electron chi connectivity index (χ0n) is 13.0. The monoisotopic (exact) mass is 344 g/mol. The first-order valence-electron chi connectivity index (χ1n) is 7.34. The summed E-state index contributed by atoms with van der Waals surface area (Å²) < 4.78 is 32.6. The molecule has 0 aliphatic rings. The number of hydrogen-bond acceptors (Lipinski definition) is 6. The number of rotatable bonds is 6. The van der Waals surface area contributed by atoms with Gasteiger partial charge in [-0.25, -0.2) is 13.1 Å². The Balaban J connectivity index is 1.63. The highest BCUT2D eigenvalue weighted by Gasteiger charge is 2.16. The van der Waals surface area contributed by atoms with Crippen LogP contribution >= 0.6 is 0 Å². The summed E-state index contributed by atoms with van der Waals surface area (Å²) in [4.78, 5) is 4.26. The fourth-order valence-corrected chi connectivity index (χ4v) is 3.46. The van der Waals surface area contributed by atoms with Gasteiger partial charge in [-0.15, -0.1) is 10.2 Å². The van der Waals surface area contributed by atoms with Crippen molar-refractivity contribution in [3.8, 4) is 11.5 Å². The minimum atomic E-state index is -3.56. The van der Waals surface area contributed by atoms with Crippen molar-refractivity contribution in [1.29, 1.82) is 0 Å². The quantitative estimate of drug-likeness (QED) is 0.734. The molecule has 0 unspecified atom stereocenters. The van der Waals surface area contributed by atoms with E-state index in [9.17, 15) is 8.42 Å². The molecule has 0 bridgehead atoms. The third kappa shape index (κ3) is 3.66. The molecule has 0 aliphatic carbocycles. The van der Waals surface area contributed by atoms with Gasteiger partial charge in [-0.1, -0.05) is 18.2 Å². The van der Waals surface area contributed by atoms with Gasteiger partial charge in [0.1, 0.15) is 0 Å². The molecule has 0 amide bonds. The molecule has 124 valence electrons. The molecular weight excluding hydrogens is 328 g/mol. The van der Waals surface area contributed by atoms with E-state index in [1.807, 2.05) is 6.07 Å². The van der Waals surface area contributed by atoms with Crippen LogP contribution in [0.1, 0.15) is 11.5 Å². The number of aryl methyl sites for hydroxylation is 1. The number of benzene rings is 1. The van der Waals surface area contributed by atoms with Crippen molar-refractivity contribution in [1.82, 2.24) is 19.9 Å². The molecule has 0 radical (unpaired) electrons. The third-order valence-corrected chi connectivity index (χ3v) is 5.01. The molecule has 2 aromatic heterocycles. The van der Waals surface area contributed by atoms with E-state index in [-0.39, 0.29) is 11.4 Å². The first-order valence-corrected chi connectivity index (χ1v) is 8.83. The fourth-order valence-electron chi connectivity index (χ4n) is 2.19. The predicted octanol–water partition coefficient (Wildman–Crippen LogP) is 1.96. The summed E-state index contributed by atoms with van der Waals surface area (Å²) in [7, 11) is -3.56. The van der Waals surface area contributed by atoms with Crippen LogP contribution in [0.5, 0.6) is 0 Å². The molecular formula is C16H16N4O3S. The highest BCUT2D eigenvalue weighted by Crippen LogP contribution is 2.16. The van der Waals surface area contributed by atoms with Crippen LogP contribution in [0.25, 0.3) is 11.5 Å². The summed E-state index contributed by atoms with van der Waals surface area (Å²) in [6.45, 7) is 1.93. The standard InChI is InChI=1S/C16H16N4O3S/c1-12-5-2-3-7-14(12)24(21,22)18-10-8-15-19-20-16(23-15)13-6-4-9-17-11-13/h2-7,9,11,18H,8,10H2,1H3. The molecule has 0 atom stereocenters. The Morgan fingerprint density at radius 1 is 1.12 bits per heavy atom. The largest absolute Gasteiger partial charge is 0.421 e. The van der Waals surface area contributed by atoms with Crippen molar-refractivity contribution in [3.63, 3.8) is 0 Å². The lowest BCUT2D eigenvalue weighted by molar-refractivity contribution is 0.501. The van der Waals surface area contributed by atoms with Crippen LogP contribution in [-0.2, 0) is 16.4 Å². The molecule has 0 saturated heterocycles. The van der Waals surface area contributed by atoms with E-state index in [1.54, 1.807) is 49.6 Å². The Hall–Kier alpha value is -2.58. The lowest BCUT2D eigenvalue weighted by Gasteiger charge is -2.07. The number of aromatic nitrogens is 3. The van der Waals surface area contributed by atoms with Gasteiger partial charge >= 0.3 is 0 Å². The average molecular weight is 344 g/mol. The van der Waals surface area contributed by atoms with E-state index in [1.165, 1.54) is 0 Å². The number of pyridine rings is 1. The summed E-state index contributed by atoms with van der Waals surface area (Å²) in [5, 5.41) is 7.86. The van der Waals surface area contributed by atoms with Crippen molar-refractivity contribution in [2.24, 2.45) is 0 Å². The molecule has 24 heavy (non-hydrogen) atoms. The highest BCUT2D eigenvalue weighted by molar-refractivity contribution is 7.89. The van der Waals surface area contributed by atoms with Crippen LogP contribution in [-0.4, -0.2) is 30.1 Å². The van der Waals surface area contributed by atoms with Gasteiger partial charge in [0.25, 0.3) is 0 Å². The Bertz CT molecular complexity index is 923. The predicted molar refractivity (Wildman–Crippen MR) is 87.6 cm³/mol. The molecule has 3 rings (SSSR count). The molecule has 8 heteroatoms. The fraction of sp³-hybridized carbons (Fsp3) is 0.188. The topological polar surface area (TPSA) is 98.0 Å². The van der Waals surface area contributed by atoms with Crippen LogP contribution < -0.4 is 4.72 Å². The average Bonchev–Trinajstić information content (AvgIpc) is 3.05. The number of sulfonamides is 1. The van der Waals surface area contributed by atoms with Crippen molar-refractivity contribution in [3.05, 3.63) is 60.2 Å². The second-order valence-electron chi connectivity index (χ2n) is 5.16. The van der Waals surface area contributed by atoms with Crippen LogP contribution in [0.15, 0.2) is 58.1 Å².